The number of hydrogen-bond acceptors (Lipinski definition) is 14. The van der Waals surface area contributed by atoms with Crippen molar-refractivity contribution in [3.63, 3.8) is 0 Å². The average Bonchev–Trinajstić information content (AvgIpc) is 4.04. The Balaban J connectivity index is 0.865. The third-order valence-corrected chi connectivity index (χ3v) is 19.3. The predicted octanol–water partition coefficient (Wildman–Crippen LogP) is 9.79. The SMILES string of the molecule is CC(C)c1sccc1[C@@H]1CCCCN1C1CC2(CCN(c3ccc(C(=O)NS(=O)(=O)c4ccc(NC[C@H]5CC[C@](C)(O)CC5)c([N+](=O)[O-])c4)c(N4c5cc6cc[nH]c6nc5O[C@H]5COCC[C@@H]54)c3)CC2)C1. The molecule has 4 aliphatic heterocycles. The van der Waals surface area contributed by atoms with Gasteiger partial charge in [0, 0.05) is 66.5 Å². The highest BCUT2D eigenvalue weighted by atomic mass is 32.2. The van der Waals surface area contributed by atoms with Crippen LogP contribution in [-0.4, -0.2) is 102 Å². The highest BCUT2D eigenvalue weighted by molar-refractivity contribution is 7.90. The summed E-state index contributed by atoms with van der Waals surface area (Å²) in [6.07, 6.45) is 13.1. The zero-order valence-corrected chi connectivity index (χ0v) is 42.5. The van der Waals surface area contributed by atoms with E-state index in [4.69, 9.17) is 14.5 Å². The minimum absolute atomic E-state index is 0.126. The van der Waals surface area contributed by atoms with E-state index in [0.29, 0.717) is 85.3 Å². The lowest BCUT2D eigenvalue weighted by molar-refractivity contribution is -0.384. The number of nitrogens with one attached hydrogen (secondary N) is 3. The van der Waals surface area contributed by atoms with Crippen LogP contribution in [0.2, 0.25) is 0 Å². The van der Waals surface area contributed by atoms with Crippen LogP contribution in [-0.2, 0) is 14.8 Å². The molecule has 2 saturated carbocycles. The first kappa shape index (κ1) is 48.0. The Morgan fingerprint density at radius 2 is 1.80 bits per heavy atom. The van der Waals surface area contributed by atoms with Gasteiger partial charge in [0.05, 0.1) is 39.3 Å². The van der Waals surface area contributed by atoms with E-state index in [-0.39, 0.29) is 23.2 Å². The Morgan fingerprint density at radius 1 is 1.00 bits per heavy atom. The van der Waals surface area contributed by atoms with Gasteiger partial charge in [-0.3, -0.25) is 19.8 Å². The highest BCUT2D eigenvalue weighted by Gasteiger charge is 2.50. The number of aromatic nitrogens is 2. The summed E-state index contributed by atoms with van der Waals surface area (Å²) in [6.45, 7) is 10.5. The molecule has 3 atom stereocenters. The summed E-state index contributed by atoms with van der Waals surface area (Å²) in [7, 11) is -4.61. The van der Waals surface area contributed by atoms with Crippen molar-refractivity contribution < 1.29 is 32.7 Å². The smallest absolute Gasteiger partial charge is 0.293 e. The van der Waals surface area contributed by atoms with Crippen LogP contribution in [0.15, 0.2) is 71.1 Å². The number of H-pyrrole nitrogens is 1. The number of likely N-dealkylation sites (tertiary alicyclic amines) is 1. The summed E-state index contributed by atoms with van der Waals surface area (Å²) in [5.41, 5.74) is 3.78. The first-order chi connectivity index (χ1) is 34.1. The van der Waals surface area contributed by atoms with Crippen LogP contribution in [0, 0.1) is 21.4 Å². The summed E-state index contributed by atoms with van der Waals surface area (Å²) in [4.78, 5) is 42.9. The lowest BCUT2D eigenvalue weighted by Gasteiger charge is -2.57. The van der Waals surface area contributed by atoms with Crippen molar-refractivity contribution in [1.29, 1.82) is 0 Å². The number of amides is 1. The van der Waals surface area contributed by atoms with Crippen LogP contribution >= 0.6 is 11.3 Å². The Labute approximate surface area is 419 Å². The number of aromatic amines is 1. The number of piperidine rings is 2. The normalized spacial score (nSPS) is 25.9. The van der Waals surface area contributed by atoms with Gasteiger partial charge in [-0.1, -0.05) is 20.3 Å². The molecule has 0 unspecified atom stereocenters. The van der Waals surface area contributed by atoms with E-state index in [1.54, 1.807) is 11.6 Å². The van der Waals surface area contributed by atoms with Gasteiger partial charge in [0.2, 0.25) is 5.88 Å². The van der Waals surface area contributed by atoms with Gasteiger partial charge in [-0.25, -0.2) is 13.1 Å². The van der Waals surface area contributed by atoms with Gasteiger partial charge in [0.1, 0.15) is 23.1 Å². The molecule has 5 fully saturated rings. The summed E-state index contributed by atoms with van der Waals surface area (Å²) in [6, 6.07) is 16.4. The maximum absolute atomic E-state index is 14.7. The monoisotopic (exact) mass is 1010 g/mol. The first-order valence-electron chi connectivity index (χ1n) is 25.7. The molecule has 16 nitrogen and oxygen atoms in total. The Hall–Kier alpha value is -5.27. The van der Waals surface area contributed by atoms with Crippen molar-refractivity contribution in [2.75, 3.05) is 54.5 Å². The Morgan fingerprint density at radius 3 is 2.58 bits per heavy atom. The van der Waals surface area contributed by atoms with E-state index < -0.39 is 43.1 Å². The molecule has 1 spiro atoms. The zero-order valence-electron chi connectivity index (χ0n) is 40.9. The molecule has 2 aromatic carbocycles. The minimum atomic E-state index is -4.61. The van der Waals surface area contributed by atoms with Gasteiger partial charge in [-0.15, -0.1) is 11.3 Å². The molecule has 4 N–H and O–H groups in total. The number of carbonyl (C=O) groups is 1. The summed E-state index contributed by atoms with van der Waals surface area (Å²) < 4.78 is 43.1. The maximum Gasteiger partial charge on any atom is 0.293 e. The van der Waals surface area contributed by atoms with E-state index in [2.05, 4.69) is 55.0 Å². The number of nitrogens with zero attached hydrogens (tertiary/aromatic N) is 5. The standard InChI is InChI=1S/C53H66N8O8S2/c1-33(2)48-39(15-25-70-48)42-6-4-5-21-59(42)37-29-53(30-37)18-22-58(23-19-53)36-7-9-40(44(27-36)60-43-14-24-68-32-47(43)69-51-46(60)26-35-13-20-54-49(35)56-51)50(62)57-71(66,67)38-8-10-41(45(28-38)61(64)65)55-31-34-11-16-52(3,63)17-12-34/h7-10,13,15,20,25-28,33-34,37,42-43,47,55,63H,4-6,11-12,14,16-19,21-24,29-32H2,1-3H3,(H,54,56)(H,57,62)/t34-,42-,43-,47-,52-/m0/s1. The maximum atomic E-state index is 14.7. The molecule has 3 aromatic heterocycles. The fourth-order valence-electron chi connectivity index (χ4n) is 12.7. The van der Waals surface area contributed by atoms with Gasteiger partial charge in [0.15, 0.2) is 0 Å². The summed E-state index contributed by atoms with van der Waals surface area (Å²) in [5.74, 6) is 0.241. The molecule has 3 saturated heterocycles. The van der Waals surface area contributed by atoms with E-state index in [1.165, 1.54) is 49.1 Å². The quantitative estimate of drug-likeness (QED) is 0.0682. The van der Waals surface area contributed by atoms with E-state index >= 15 is 0 Å². The molecular weight excluding hydrogens is 941 g/mol. The van der Waals surface area contributed by atoms with Gasteiger partial charge in [-0.05, 0) is 161 Å². The number of rotatable bonds is 12. The second-order valence-electron chi connectivity index (χ2n) is 21.8. The van der Waals surface area contributed by atoms with Gasteiger partial charge >= 0.3 is 0 Å². The van der Waals surface area contributed by atoms with Crippen molar-refractivity contribution in [2.45, 2.75) is 138 Å². The van der Waals surface area contributed by atoms with Crippen LogP contribution in [0.5, 0.6) is 5.88 Å². The van der Waals surface area contributed by atoms with Crippen LogP contribution in [0.3, 0.4) is 0 Å². The number of sulfonamides is 1. The third kappa shape index (κ3) is 9.39. The summed E-state index contributed by atoms with van der Waals surface area (Å²) >= 11 is 1.91. The lowest BCUT2D eigenvalue weighted by Crippen LogP contribution is -2.56. The van der Waals surface area contributed by atoms with Crippen molar-refractivity contribution in [3.8, 4) is 5.88 Å². The molecule has 6 aliphatic rings. The molecule has 71 heavy (non-hydrogen) atoms. The first-order valence-corrected chi connectivity index (χ1v) is 28.1. The van der Waals surface area contributed by atoms with Crippen molar-refractivity contribution >= 4 is 66.7 Å². The van der Waals surface area contributed by atoms with Crippen molar-refractivity contribution in [2.24, 2.45) is 11.3 Å². The average molecular weight is 1010 g/mol. The van der Waals surface area contributed by atoms with E-state index in [9.17, 15) is 28.4 Å². The second kappa shape index (κ2) is 19.0. The van der Waals surface area contributed by atoms with Gasteiger partial charge in [-0.2, -0.15) is 4.98 Å². The number of anilines is 4. The molecule has 1 amide bonds. The number of carbonyl (C=O) groups excluding carboxylic acids is 1. The van der Waals surface area contributed by atoms with Crippen LogP contribution in [0.25, 0.3) is 11.0 Å². The Kier molecular flexibility index (Phi) is 12.8. The molecule has 18 heteroatoms. The topological polar surface area (TPSA) is 196 Å². The van der Waals surface area contributed by atoms with Crippen LogP contribution in [0.4, 0.5) is 28.4 Å². The number of hydrogen-bond donors (Lipinski definition) is 4. The minimum Gasteiger partial charge on any atom is -0.468 e. The molecular formula is C53H66N8O8S2. The predicted molar refractivity (Wildman–Crippen MR) is 276 cm³/mol. The molecule has 7 heterocycles. The number of nitro groups is 1. The Bertz CT molecular complexity index is 2910. The summed E-state index contributed by atoms with van der Waals surface area (Å²) in [5, 5.41) is 29.0. The van der Waals surface area contributed by atoms with Gasteiger partial charge < -0.3 is 34.7 Å². The van der Waals surface area contributed by atoms with Crippen molar-refractivity contribution in [3.05, 3.63) is 92.3 Å². The number of benzene rings is 2. The molecule has 0 bridgehead atoms. The van der Waals surface area contributed by atoms with Crippen LogP contribution in [0.1, 0.15) is 131 Å². The molecule has 11 rings (SSSR count). The van der Waals surface area contributed by atoms with E-state index in [1.807, 2.05) is 48.7 Å². The number of ether oxygens (including phenoxy) is 2. The number of nitro benzene ring substituents is 1. The number of thiophene rings is 1. The number of fused-ring (bicyclic) bond motifs is 3. The van der Waals surface area contributed by atoms with Crippen molar-refractivity contribution in [1.82, 2.24) is 19.6 Å². The van der Waals surface area contributed by atoms with Crippen LogP contribution < -0.4 is 24.6 Å². The number of pyridine rings is 1. The lowest BCUT2D eigenvalue weighted by atomic mass is 9.59. The second-order valence-corrected chi connectivity index (χ2v) is 24.4. The highest BCUT2D eigenvalue weighted by Crippen LogP contribution is 2.55. The molecule has 5 aromatic rings. The fourth-order valence-corrected chi connectivity index (χ4v) is 14.6. The number of aliphatic hydroxyl groups is 1. The molecule has 2 aliphatic carbocycles. The zero-order chi connectivity index (χ0) is 49.2. The third-order valence-electron chi connectivity index (χ3n) is 16.7. The molecule has 0 radical (unpaired) electrons. The largest absolute Gasteiger partial charge is 0.468 e. The molecule has 378 valence electrons. The fraction of sp³-hybridized carbons (Fsp3) is 0.547. The van der Waals surface area contributed by atoms with Gasteiger partial charge in [0.25, 0.3) is 21.6 Å². The van der Waals surface area contributed by atoms with E-state index in [0.717, 1.165) is 62.5 Å².